The summed E-state index contributed by atoms with van der Waals surface area (Å²) in [4.78, 5) is 0.201. The number of phenols is 1. The molecule has 0 spiro atoms. The van der Waals surface area contributed by atoms with Crippen LogP contribution in [-0.2, 0) is 14.6 Å². The van der Waals surface area contributed by atoms with Gasteiger partial charge in [-0.05, 0) is 46.6 Å². The summed E-state index contributed by atoms with van der Waals surface area (Å²) in [5.41, 5.74) is 2.51. The van der Waals surface area contributed by atoms with Gasteiger partial charge < -0.3 is 5.11 Å². The number of phenolic OH excluding ortho intramolecular Hbond substituents is 1. The zero-order valence-electron chi connectivity index (χ0n) is 20.7. The van der Waals surface area contributed by atoms with E-state index in [1.54, 1.807) is 32.9 Å². The maximum atomic E-state index is 14.3. The molecule has 0 aliphatic heterocycles. The first-order chi connectivity index (χ1) is 14.5. The van der Waals surface area contributed by atoms with Gasteiger partial charge in [-0.1, -0.05) is 86.6 Å². The van der Waals surface area contributed by atoms with E-state index in [0.29, 0.717) is 11.1 Å². The van der Waals surface area contributed by atoms with Crippen molar-refractivity contribution < 1.29 is 18.1 Å². The highest BCUT2D eigenvalue weighted by atomic mass is 32.2. The zero-order chi connectivity index (χ0) is 24.6. The number of aromatic hydroxyl groups is 1. The summed E-state index contributed by atoms with van der Waals surface area (Å²) >= 11 is 0. The number of para-hydroxylation sites is 1. The van der Waals surface area contributed by atoms with Crippen LogP contribution in [0.3, 0.4) is 0 Å². The van der Waals surface area contributed by atoms with Gasteiger partial charge in [0.15, 0.2) is 7.29 Å². The molecule has 0 saturated heterocycles. The number of hydrogen-bond donors (Lipinski definition) is 2. The summed E-state index contributed by atoms with van der Waals surface area (Å²) in [7, 11) is -7.98. The van der Waals surface area contributed by atoms with E-state index in [-0.39, 0.29) is 33.7 Å². The van der Waals surface area contributed by atoms with E-state index < -0.39 is 22.5 Å². The molecular formula is C25H38NO4PS. The first kappa shape index (κ1) is 26.6. The molecule has 0 heterocycles. The fourth-order valence-electron chi connectivity index (χ4n) is 3.69. The van der Waals surface area contributed by atoms with Crippen LogP contribution in [-0.4, -0.2) is 18.7 Å². The van der Waals surface area contributed by atoms with E-state index in [0.717, 1.165) is 5.56 Å². The van der Waals surface area contributed by atoms with Gasteiger partial charge in [-0.15, -0.1) is 0 Å². The minimum atomic E-state index is -4.18. The van der Waals surface area contributed by atoms with E-state index in [1.165, 1.54) is 12.1 Å². The first-order valence-corrected chi connectivity index (χ1v) is 14.3. The van der Waals surface area contributed by atoms with Crippen LogP contribution in [0.25, 0.3) is 0 Å². The highest BCUT2D eigenvalue weighted by molar-refractivity contribution is 7.97. The smallest absolute Gasteiger partial charge is 0.247 e. The predicted octanol–water partition coefficient (Wildman–Crippen LogP) is 6.44. The highest BCUT2D eigenvalue weighted by Gasteiger charge is 2.44. The molecule has 0 fully saturated rings. The van der Waals surface area contributed by atoms with Gasteiger partial charge in [0.25, 0.3) is 0 Å². The van der Waals surface area contributed by atoms with Crippen LogP contribution < -0.4 is 9.80 Å². The van der Waals surface area contributed by atoms with Crippen molar-refractivity contribution in [1.29, 1.82) is 0 Å². The second kappa shape index (κ2) is 9.32. The summed E-state index contributed by atoms with van der Waals surface area (Å²) in [5, 5.41) is 9.62. The summed E-state index contributed by atoms with van der Waals surface area (Å²) < 4.78 is 44.8. The third-order valence-corrected chi connectivity index (χ3v) is 11.7. The lowest BCUT2D eigenvalue weighted by molar-refractivity contribution is 0.477. The summed E-state index contributed by atoms with van der Waals surface area (Å²) in [6, 6.07) is 10.1. The summed E-state index contributed by atoms with van der Waals surface area (Å²) in [6.07, 6.45) is 0. The first-order valence-electron chi connectivity index (χ1n) is 11.1. The van der Waals surface area contributed by atoms with Gasteiger partial charge in [-0.2, -0.15) is 4.49 Å². The van der Waals surface area contributed by atoms with E-state index in [2.05, 4.69) is 18.3 Å². The number of nitrogens with one attached hydrogen (secondary N) is 1. The Morgan fingerprint density at radius 1 is 0.875 bits per heavy atom. The summed E-state index contributed by atoms with van der Waals surface area (Å²) in [5.74, 6) is -0.0257. The van der Waals surface area contributed by atoms with E-state index in [9.17, 15) is 18.1 Å². The largest absolute Gasteiger partial charge is 0.507 e. The normalized spacial score (nSPS) is 14.9. The third-order valence-electron chi connectivity index (χ3n) is 5.76. The van der Waals surface area contributed by atoms with E-state index in [1.807, 2.05) is 39.8 Å². The molecule has 2 aromatic rings. The molecule has 5 nitrogen and oxygen atoms in total. The van der Waals surface area contributed by atoms with E-state index in [4.69, 9.17) is 0 Å². The molecule has 0 aromatic heterocycles. The van der Waals surface area contributed by atoms with Gasteiger partial charge in [0.1, 0.15) is 5.75 Å². The molecule has 178 valence electrons. The lowest BCUT2D eigenvalue weighted by Gasteiger charge is -2.33. The maximum Gasteiger partial charge on any atom is 0.247 e. The summed E-state index contributed by atoms with van der Waals surface area (Å²) in [6.45, 7) is 17.2. The Hall–Kier alpha value is -1.62. The van der Waals surface area contributed by atoms with Crippen LogP contribution in [0.2, 0.25) is 0 Å². The fraction of sp³-hybridized carbons (Fsp3) is 0.520. The number of sulfonamides is 1. The molecule has 32 heavy (non-hydrogen) atoms. The Kier molecular flexibility index (Phi) is 7.76. The van der Waals surface area contributed by atoms with Crippen LogP contribution in [0.15, 0.2) is 41.3 Å². The highest BCUT2D eigenvalue weighted by Crippen LogP contribution is 2.56. The van der Waals surface area contributed by atoms with Crippen molar-refractivity contribution >= 4 is 22.6 Å². The molecule has 1 atom stereocenters. The van der Waals surface area contributed by atoms with Crippen LogP contribution in [0, 0.1) is 0 Å². The van der Waals surface area contributed by atoms with Gasteiger partial charge >= 0.3 is 0 Å². The van der Waals surface area contributed by atoms with Crippen LogP contribution >= 0.6 is 7.29 Å². The second-order valence-electron chi connectivity index (χ2n) is 10.4. The van der Waals surface area contributed by atoms with Gasteiger partial charge in [-0.25, -0.2) is 8.42 Å². The Morgan fingerprint density at radius 3 is 1.72 bits per heavy atom. The standard InChI is InChI=1S/C25H38NO4PS/c1-16(2)19-14-20(17(3)4)24(21(15-19)18(5)6)32(29,30)26-31(28,25(7,8)9)23-13-11-10-12-22(23)27/h10-18,27H,1-9H3,(H,26,28)/t31-/m0/s1. The topological polar surface area (TPSA) is 83.5 Å². The molecule has 0 aliphatic carbocycles. The van der Waals surface area contributed by atoms with Crippen molar-refractivity contribution in [1.82, 2.24) is 4.49 Å². The molecule has 0 unspecified atom stereocenters. The van der Waals surface area contributed by atoms with Gasteiger partial charge in [-0.3, -0.25) is 4.57 Å². The van der Waals surface area contributed by atoms with Crippen molar-refractivity contribution in [3.8, 4) is 5.75 Å². The molecule has 2 N–H and O–H groups in total. The predicted molar refractivity (Wildman–Crippen MR) is 134 cm³/mol. The molecule has 0 amide bonds. The SMILES string of the molecule is CC(C)c1cc(C(C)C)c(S(=O)(=O)N[P@](=O)(c2ccccc2O)C(C)(C)C)c(C(C)C)c1. The maximum absolute atomic E-state index is 14.3. The molecule has 7 heteroatoms. The van der Waals surface area contributed by atoms with Gasteiger partial charge in [0.2, 0.25) is 10.0 Å². The number of rotatable bonds is 7. The molecular weight excluding hydrogens is 441 g/mol. The van der Waals surface area contributed by atoms with Crippen LogP contribution in [0.4, 0.5) is 0 Å². The molecule has 2 rings (SSSR count). The van der Waals surface area contributed by atoms with Gasteiger partial charge in [0.05, 0.1) is 10.2 Å². The Labute approximate surface area is 194 Å². The average Bonchev–Trinajstić information content (AvgIpc) is 2.65. The minimum Gasteiger partial charge on any atom is -0.507 e. The monoisotopic (exact) mass is 479 g/mol. The van der Waals surface area contributed by atoms with Crippen molar-refractivity contribution in [3.05, 3.63) is 53.1 Å². The molecule has 2 aromatic carbocycles. The fourth-order valence-corrected chi connectivity index (χ4v) is 9.53. The molecule has 0 saturated carbocycles. The Bertz CT molecular complexity index is 1100. The van der Waals surface area contributed by atoms with Gasteiger partial charge in [0, 0.05) is 5.16 Å². The number of benzene rings is 2. The average molecular weight is 480 g/mol. The van der Waals surface area contributed by atoms with Crippen molar-refractivity contribution in [2.45, 2.75) is 90.1 Å². The molecule has 0 bridgehead atoms. The Morgan fingerprint density at radius 2 is 1.34 bits per heavy atom. The minimum absolute atomic E-state index is 0.0445. The molecule has 0 aliphatic rings. The van der Waals surface area contributed by atoms with Crippen molar-refractivity contribution in [2.24, 2.45) is 0 Å². The Balaban J connectivity index is 2.85. The van der Waals surface area contributed by atoms with Crippen molar-refractivity contribution in [2.75, 3.05) is 0 Å². The quantitative estimate of drug-likeness (QED) is 0.448. The zero-order valence-corrected chi connectivity index (χ0v) is 22.4. The number of hydrogen-bond acceptors (Lipinski definition) is 4. The van der Waals surface area contributed by atoms with E-state index >= 15 is 0 Å². The lowest BCUT2D eigenvalue weighted by Crippen LogP contribution is -2.37. The van der Waals surface area contributed by atoms with Crippen LogP contribution in [0.5, 0.6) is 5.75 Å². The molecule has 0 radical (unpaired) electrons. The third kappa shape index (κ3) is 5.13. The second-order valence-corrected chi connectivity index (χ2v) is 15.5. The lowest BCUT2D eigenvalue weighted by atomic mass is 9.89. The van der Waals surface area contributed by atoms with Crippen LogP contribution in [0.1, 0.15) is 96.8 Å². The van der Waals surface area contributed by atoms with Crippen molar-refractivity contribution in [3.63, 3.8) is 0 Å².